The van der Waals surface area contributed by atoms with Gasteiger partial charge in [-0.3, -0.25) is 28.8 Å². The summed E-state index contributed by atoms with van der Waals surface area (Å²) in [7, 11) is 0. The number of carbonyl (C=O) groups excluding carboxylic acids is 6. The molecule has 14 atom stereocenters. The number of likely N-dealkylation sites (tertiary alicyclic amines) is 2. The van der Waals surface area contributed by atoms with Gasteiger partial charge >= 0.3 is 0 Å². The highest BCUT2D eigenvalue weighted by atomic mass is 16.2. The van der Waals surface area contributed by atoms with Crippen LogP contribution in [0.2, 0.25) is 0 Å². The lowest BCUT2D eigenvalue weighted by atomic mass is 9.80. The van der Waals surface area contributed by atoms with Crippen LogP contribution in [0.1, 0.15) is 97.3 Å². The van der Waals surface area contributed by atoms with Crippen molar-refractivity contribution < 1.29 is 28.8 Å². The monoisotopic (exact) mass is 914 g/mol. The summed E-state index contributed by atoms with van der Waals surface area (Å²) in [5.41, 5.74) is 4.70. The molecule has 4 N–H and O–H groups in total. The number of nitrogens with zero attached hydrogens (tertiary/aromatic N) is 2. The van der Waals surface area contributed by atoms with Crippen LogP contribution in [0, 0.1) is 35.5 Å². The molecule has 352 valence electrons. The third kappa shape index (κ3) is 9.43. The number of benzene rings is 4. The minimum Gasteiger partial charge on any atom is -0.352 e. The van der Waals surface area contributed by atoms with Crippen LogP contribution < -0.4 is 21.3 Å². The lowest BCUT2D eigenvalue weighted by Crippen LogP contribution is -2.43. The second-order valence-electron chi connectivity index (χ2n) is 20.9. The van der Waals surface area contributed by atoms with Gasteiger partial charge in [0.05, 0.1) is 23.7 Å². The molecule has 4 aromatic carbocycles. The first kappa shape index (κ1) is 44.2. The number of rotatable bonds is 14. The van der Waals surface area contributed by atoms with E-state index in [2.05, 4.69) is 69.8 Å². The molecular weight excluding hydrogens is 853 g/mol. The maximum absolute atomic E-state index is 14.6. The second kappa shape index (κ2) is 18.7. The molecule has 4 aromatic rings. The van der Waals surface area contributed by atoms with Crippen molar-refractivity contribution in [3.63, 3.8) is 0 Å². The lowest BCUT2D eigenvalue weighted by Gasteiger charge is -2.32. The van der Waals surface area contributed by atoms with E-state index in [0.717, 1.165) is 25.7 Å². The van der Waals surface area contributed by atoms with Gasteiger partial charge in [0, 0.05) is 85.9 Å². The van der Waals surface area contributed by atoms with Crippen molar-refractivity contribution in [1.29, 1.82) is 0 Å². The fraction of sp³-hybridized carbons (Fsp3) is 0.464. The Hall–Kier alpha value is -6.30. The van der Waals surface area contributed by atoms with Gasteiger partial charge in [-0.05, 0) is 67.2 Å². The number of hydrogen-bond donors (Lipinski definition) is 4. The van der Waals surface area contributed by atoms with Crippen LogP contribution in [0.25, 0.3) is 0 Å². The van der Waals surface area contributed by atoms with Crippen LogP contribution in [0.4, 0.5) is 0 Å². The van der Waals surface area contributed by atoms with Gasteiger partial charge in [0.2, 0.25) is 35.4 Å². The van der Waals surface area contributed by atoms with E-state index >= 15 is 0 Å². The van der Waals surface area contributed by atoms with Crippen LogP contribution in [0.15, 0.2) is 121 Å². The molecule has 0 spiro atoms. The first-order valence-electron chi connectivity index (χ1n) is 25.2. The summed E-state index contributed by atoms with van der Waals surface area (Å²) in [6.45, 7) is 0.577. The molecule has 12 heteroatoms. The topological polar surface area (TPSA) is 157 Å². The highest BCUT2D eigenvalue weighted by molar-refractivity contribution is 5.93. The van der Waals surface area contributed by atoms with E-state index in [-0.39, 0.29) is 109 Å². The molecule has 7 aliphatic rings. The SMILES string of the molecule is O=C(N[C@H]1C[C@@H]1c1ccccc1)[C@@H]1CN(C(=O)[C@@H]2CCC[C@H](C(=O)N3C[C@@H](C(=O)N[C@H]4C[C@@H]4c4ccccc4)[C@H](C(=O)N[C@H]4C[C@@H]4c4ccccc4)C3)C2)C[C@H]1C(=O)N[C@H]1C[C@@H]1c1ccccc1. The Labute approximate surface area is 398 Å². The normalized spacial score (nSPS) is 33.2. The minimum absolute atomic E-state index is 0.0175. The zero-order chi connectivity index (χ0) is 46.5. The second-order valence-corrected chi connectivity index (χ2v) is 20.9. The number of nitrogens with one attached hydrogen (secondary N) is 4. The first-order chi connectivity index (χ1) is 33.2. The Morgan fingerprint density at radius 1 is 0.353 bits per heavy atom. The molecule has 12 nitrogen and oxygen atoms in total. The van der Waals surface area contributed by atoms with Gasteiger partial charge in [0.15, 0.2) is 0 Å². The summed E-state index contributed by atoms with van der Waals surface area (Å²) in [4.78, 5) is 88.9. The predicted octanol–water partition coefficient (Wildman–Crippen LogP) is 5.63. The van der Waals surface area contributed by atoms with E-state index < -0.39 is 35.5 Å². The van der Waals surface area contributed by atoms with Crippen molar-refractivity contribution in [3.8, 4) is 0 Å². The molecule has 0 aromatic heterocycles. The average Bonchev–Trinajstić information content (AvgIpc) is 4.31. The smallest absolute Gasteiger partial charge is 0.226 e. The molecular formula is C56H62N6O6. The van der Waals surface area contributed by atoms with Gasteiger partial charge in [0.25, 0.3) is 0 Å². The molecule has 5 aliphatic carbocycles. The van der Waals surface area contributed by atoms with Gasteiger partial charge in [-0.25, -0.2) is 0 Å². The third-order valence-corrected chi connectivity index (χ3v) is 16.4. The summed E-state index contributed by atoms with van der Waals surface area (Å²) in [6.07, 6.45) is 5.56. The summed E-state index contributed by atoms with van der Waals surface area (Å²) >= 11 is 0. The fourth-order valence-corrected chi connectivity index (χ4v) is 12.0. The molecule has 2 saturated heterocycles. The predicted molar refractivity (Wildman–Crippen MR) is 255 cm³/mol. The molecule has 7 fully saturated rings. The van der Waals surface area contributed by atoms with Gasteiger partial charge in [-0.2, -0.15) is 0 Å². The van der Waals surface area contributed by atoms with Gasteiger partial charge in [0.1, 0.15) is 0 Å². The van der Waals surface area contributed by atoms with Gasteiger partial charge in [-0.1, -0.05) is 128 Å². The Morgan fingerprint density at radius 2 is 0.603 bits per heavy atom. The number of hydrogen-bond acceptors (Lipinski definition) is 6. The highest BCUT2D eigenvalue weighted by Crippen LogP contribution is 2.45. The van der Waals surface area contributed by atoms with Crippen LogP contribution in [0.5, 0.6) is 0 Å². The Balaban J connectivity index is 0.748. The Kier molecular flexibility index (Phi) is 12.1. The number of carbonyl (C=O) groups is 6. The number of amides is 6. The maximum atomic E-state index is 14.6. The maximum Gasteiger partial charge on any atom is 0.226 e. The van der Waals surface area contributed by atoms with Crippen molar-refractivity contribution in [3.05, 3.63) is 144 Å². The van der Waals surface area contributed by atoms with E-state index in [1.54, 1.807) is 9.80 Å². The quantitative estimate of drug-likeness (QED) is 0.129. The zero-order valence-electron chi connectivity index (χ0n) is 38.5. The largest absolute Gasteiger partial charge is 0.352 e. The van der Waals surface area contributed by atoms with E-state index in [1.807, 2.05) is 72.8 Å². The molecule has 5 saturated carbocycles. The van der Waals surface area contributed by atoms with Crippen molar-refractivity contribution in [1.82, 2.24) is 31.1 Å². The molecule has 0 unspecified atom stereocenters. The highest BCUT2D eigenvalue weighted by Gasteiger charge is 2.52. The molecule has 2 aliphatic heterocycles. The van der Waals surface area contributed by atoms with Crippen molar-refractivity contribution in [2.24, 2.45) is 35.5 Å². The van der Waals surface area contributed by atoms with Crippen molar-refractivity contribution >= 4 is 35.4 Å². The van der Waals surface area contributed by atoms with E-state index in [0.29, 0.717) is 25.7 Å². The summed E-state index contributed by atoms with van der Waals surface area (Å²) < 4.78 is 0. The Bertz CT molecular complexity index is 2200. The molecule has 2 heterocycles. The lowest BCUT2D eigenvalue weighted by molar-refractivity contribution is -0.140. The average molecular weight is 915 g/mol. The van der Waals surface area contributed by atoms with Gasteiger partial charge in [-0.15, -0.1) is 0 Å². The van der Waals surface area contributed by atoms with E-state index in [9.17, 15) is 28.8 Å². The van der Waals surface area contributed by atoms with Crippen LogP contribution in [-0.2, 0) is 28.8 Å². The standard InChI is InChI=1S/C56H62N6O6/c63-51(57-47-25-39(47)33-14-5-1-6-15-33)43-29-61(30-44(43)52(64)58-48-26-40(48)34-16-7-2-8-17-34)55(67)37-22-13-23-38(24-37)56(68)62-31-45(53(65)59-49-27-41(49)35-18-9-3-10-19-35)46(32-62)54(66)60-50-28-42(50)36-20-11-4-12-21-36/h1-12,14-21,37-50H,13,22-32H2,(H,57,63)(H,58,64)(H,59,65)(H,60,66)/t37-,38+,39-,40-,41-,42-,43-,44-,45-,46-,47+,48+,49+,50+/m1/s1. The van der Waals surface area contributed by atoms with Gasteiger partial charge < -0.3 is 31.1 Å². The third-order valence-electron chi connectivity index (χ3n) is 16.4. The Morgan fingerprint density at radius 3 is 0.853 bits per heavy atom. The minimum atomic E-state index is -0.695. The summed E-state index contributed by atoms with van der Waals surface area (Å²) in [6, 6.07) is 40.4. The van der Waals surface area contributed by atoms with E-state index in [4.69, 9.17) is 0 Å². The van der Waals surface area contributed by atoms with E-state index in [1.165, 1.54) is 22.3 Å². The summed E-state index contributed by atoms with van der Waals surface area (Å²) in [5.74, 6) is -3.82. The molecule has 6 amide bonds. The van der Waals surface area contributed by atoms with Crippen molar-refractivity contribution in [2.45, 2.75) is 99.2 Å². The first-order valence-corrected chi connectivity index (χ1v) is 25.2. The van der Waals surface area contributed by atoms with Crippen LogP contribution in [-0.4, -0.2) is 95.6 Å². The van der Waals surface area contributed by atoms with Crippen LogP contribution >= 0.6 is 0 Å². The molecule has 11 rings (SSSR count). The molecule has 0 radical (unpaired) electrons. The fourth-order valence-electron chi connectivity index (χ4n) is 12.0. The van der Waals surface area contributed by atoms with Crippen LogP contribution in [0.3, 0.4) is 0 Å². The zero-order valence-corrected chi connectivity index (χ0v) is 38.5. The summed E-state index contributed by atoms with van der Waals surface area (Å²) in [5, 5.41) is 12.9. The molecule has 68 heavy (non-hydrogen) atoms. The molecule has 0 bridgehead atoms. The van der Waals surface area contributed by atoms with Crippen molar-refractivity contribution in [2.75, 3.05) is 26.2 Å².